The molecule has 0 radical (unpaired) electrons. The van der Waals surface area contributed by atoms with E-state index in [4.69, 9.17) is 33.7 Å². The standard InChI is InChI=1S/C15H14Cl2FNO/c1-9(19)15(10-2-4-11(16)5-3-10)20-12-6-7-13(17)14(18)8-12/h2-9,15H,19H2,1H3. The Bertz CT molecular complexity index is 587. The Morgan fingerprint density at radius 1 is 1.10 bits per heavy atom. The first-order chi connectivity index (χ1) is 9.47. The molecule has 2 N–H and O–H groups in total. The number of ether oxygens (including phenoxy) is 1. The van der Waals surface area contributed by atoms with Crippen molar-refractivity contribution in [2.24, 2.45) is 5.73 Å². The summed E-state index contributed by atoms with van der Waals surface area (Å²) in [5.74, 6) is -0.146. The molecule has 2 nitrogen and oxygen atoms in total. The van der Waals surface area contributed by atoms with Crippen LogP contribution in [-0.4, -0.2) is 6.04 Å². The Kier molecular flexibility index (Phi) is 4.86. The molecule has 0 aliphatic heterocycles. The lowest BCUT2D eigenvalue weighted by atomic mass is 10.0. The molecule has 0 spiro atoms. The van der Waals surface area contributed by atoms with Crippen molar-refractivity contribution in [2.45, 2.75) is 19.1 Å². The highest BCUT2D eigenvalue weighted by Gasteiger charge is 2.18. The molecule has 0 aromatic heterocycles. The summed E-state index contributed by atoms with van der Waals surface area (Å²) in [5.41, 5.74) is 6.82. The van der Waals surface area contributed by atoms with Crippen LogP contribution in [0.4, 0.5) is 4.39 Å². The average molecular weight is 314 g/mol. The van der Waals surface area contributed by atoms with Crippen LogP contribution in [0.2, 0.25) is 10.0 Å². The van der Waals surface area contributed by atoms with Crippen molar-refractivity contribution in [1.82, 2.24) is 0 Å². The fraction of sp³-hybridized carbons (Fsp3) is 0.200. The quantitative estimate of drug-likeness (QED) is 0.895. The van der Waals surface area contributed by atoms with Gasteiger partial charge in [0, 0.05) is 17.1 Å². The third kappa shape index (κ3) is 3.63. The average Bonchev–Trinajstić information content (AvgIpc) is 2.41. The maximum Gasteiger partial charge on any atom is 0.145 e. The number of rotatable bonds is 4. The van der Waals surface area contributed by atoms with E-state index in [9.17, 15) is 4.39 Å². The highest BCUT2D eigenvalue weighted by molar-refractivity contribution is 6.30. The second kappa shape index (κ2) is 6.44. The van der Waals surface area contributed by atoms with E-state index in [1.807, 2.05) is 19.1 Å². The van der Waals surface area contributed by atoms with Crippen molar-refractivity contribution < 1.29 is 9.13 Å². The van der Waals surface area contributed by atoms with E-state index in [1.54, 1.807) is 18.2 Å². The van der Waals surface area contributed by atoms with Crippen LogP contribution in [0.25, 0.3) is 0 Å². The maximum atomic E-state index is 13.4. The van der Waals surface area contributed by atoms with E-state index in [0.29, 0.717) is 10.8 Å². The molecule has 0 heterocycles. The van der Waals surface area contributed by atoms with Crippen molar-refractivity contribution >= 4 is 23.2 Å². The molecular formula is C15H14Cl2FNO. The van der Waals surface area contributed by atoms with Gasteiger partial charge in [0.25, 0.3) is 0 Å². The SMILES string of the molecule is CC(N)C(Oc1ccc(Cl)c(F)c1)c1ccc(Cl)cc1. The lowest BCUT2D eigenvalue weighted by molar-refractivity contribution is 0.180. The molecule has 20 heavy (non-hydrogen) atoms. The van der Waals surface area contributed by atoms with Gasteiger partial charge in [0.15, 0.2) is 0 Å². The van der Waals surface area contributed by atoms with Crippen molar-refractivity contribution in [3.63, 3.8) is 0 Å². The minimum atomic E-state index is -0.524. The van der Waals surface area contributed by atoms with Crippen LogP contribution in [0.3, 0.4) is 0 Å². The van der Waals surface area contributed by atoms with Crippen molar-refractivity contribution in [1.29, 1.82) is 0 Å². The first-order valence-corrected chi connectivity index (χ1v) is 6.85. The predicted octanol–water partition coefficient (Wildman–Crippen LogP) is 4.60. The smallest absolute Gasteiger partial charge is 0.145 e. The second-order valence-corrected chi connectivity index (χ2v) is 5.37. The summed E-state index contributed by atoms with van der Waals surface area (Å²) in [6.07, 6.45) is -0.396. The van der Waals surface area contributed by atoms with Crippen LogP contribution in [0.5, 0.6) is 5.75 Å². The topological polar surface area (TPSA) is 35.2 Å². The number of hydrogen-bond donors (Lipinski definition) is 1. The van der Waals surface area contributed by atoms with Gasteiger partial charge >= 0.3 is 0 Å². The minimum Gasteiger partial charge on any atom is -0.484 e. The van der Waals surface area contributed by atoms with E-state index in [-0.39, 0.29) is 11.1 Å². The van der Waals surface area contributed by atoms with Gasteiger partial charge < -0.3 is 10.5 Å². The van der Waals surface area contributed by atoms with E-state index in [1.165, 1.54) is 12.1 Å². The summed E-state index contributed by atoms with van der Waals surface area (Å²) in [4.78, 5) is 0. The lowest BCUT2D eigenvalue weighted by Crippen LogP contribution is -2.29. The number of nitrogens with two attached hydrogens (primary N) is 1. The van der Waals surface area contributed by atoms with E-state index in [2.05, 4.69) is 0 Å². The molecule has 2 atom stereocenters. The summed E-state index contributed by atoms with van der Waals surface area (Å²) < 4.78 is 19.2. The molecule has 5 heteroatoms. The molecule has 0 saturated carbocycles. The Balaban J connectivity index is 2.25. The van der Waals surface area contributed by atoms with Gasteiger partial charge in [0.1, 0.15) is 17.7 Å². The fourth-order valence-corrected chi connectivity index (χ4v) is 2.07. The number of halogens is 3. The molecular weight excluding hydrogens is 300 g/mol. The number of hydrogen-bond acceptors (Lipinski definition) is 2. The monoisotopic (exact) mass is 313 g/mol. The third-order valence-electron chi connectivity index (χ3n) is 2.83. The van der Waals surface area contributed by atoms with Gasteiger partial charge in [-0.15, -0.1) is 0 Å². The van der Waals surface area contributed by atoms with Crippen molar-refractivity contribution in [3.05, 3.63) is 63.9 Å². The Morgan fingerprint density at radius 2 is 1.75 bits per heavy atom. The molecule has 0 bridgehead atoms. The summed E-state index contributed by atoms with van der Waals surface area (Å²) in [5, 5.41) is 0.691. The third-order valence-corrected chi connectivity index (χ3v) is 3.39. The van der Waals surface area contributed by atoms with Crippen molar-refractivity contribution in [2.75, 3.05) is 0 Å². The highest BCUT2D eigenvalue weighted by atomic mass is 35.5. The summed E-state index contributed by atoms with van der Waals surface area (Å²) in [6.45, 7) is 1.82. The van der Waals surface area contributed by atoms with Crippen LogP contribution in [0.1, 0.15) is 18.6 Å². The van der Waals surface area contributed by atoms with Gasteiger partial charge in [-0.3, -0.25) is 0 Å². The summed E-state index contributed by atoms with van der Waals surface area (Å²) in [6, 6.07) is 11.2. The van der Waals surface area contributed by atoms with E-state index in [0.717, 1.165) is 5.56 Å². The zero-order valence-electron chi connectivity index (χ0n) is 10.8. The lowest BCUT2D eigenvalue weighted by Gasteiger charge is -2.23. The Morgan fingerprint density at radius 3 is 2.30 bits per heavy atom. The van der Waals surface area contributed by atoms with Gasteiger partial charge in [-0.2, -0.15) is 0 Å². The summed E-state index contributed by atoms with van der Waals surface area (Å²) >= 11 is 11.5. The normalized spacial score (nSPS) is 13.8. The van der Waals surface area contributed by atoms with Crippen LogP contribution in [0, 0.1) is 5.82 Å². The van der Waals surface area contributed by atoms with Gasteiger partial charge in [-0.25, -0.2) is 4.39 Å². The van der Waals surface area contributed by atoms with Gasteiger partial charge in [0.05, 0.1) is 5.02 Å². The molecule has 0 aliphatic carbocycles. The molecule has 106 valence electrons. The first kappa shape index (κ1) is 15.1. The van der Waals surface area contributed by atoms with Crippen molar-refractivity contribution in [3.8, 4) is 5.75 Å². The Hall–Kier alpha value is -1.29. The minimum absolute atomic E-state index is 0.0567. The molecule has 2 aromatic rings. The van der Waals surface area contributed by atoms with Crippen LogP contribution >= 0.6 is 23.2 Å². The van der Waals surface area contributed by atoms with Gasteiger partial charge in [-0.05, 0) is 36.8 Å². The zero-order valence-corrected chi connectivity index (χ0v) is 12.3. The molecule has 2 rings (SSSR count). The largest absolute Gasteiger partial charge is 0.484 e. The second-order valence-electron chi connectivity index (χ2n) is 4.53. The zero-order chi connectivity index (χ0) is 14.7. The van der Waals surface area contributed by atoms with Crippen LogP contribution in [0.15, 0.2) is 42.5 Å². The predicted molar refractivity (Wildman–Crippen MR) is 79.9 cm³/mol. The fourth-order valence-electron chi connectivity index (χ4n) is 1.83. The van der Waals surface area contributed by atoms with Gasteiger partial charge in [0.2, 0.25) is 0 Å². The molecule has 0 aliphatic rings. The first-order valence-electron chi connectivity index (χ1n) is 6.10. The Labute approximate surface area is 127 Å². The van der Waals surface area contributed by atoms with E-state index < -0.39 is 11.9 Å². The molecule has 0 fully saturated rings. The van der Waals surface area contributed by atoms with E-state index >= 15 is 0 Å². The van der Waals surface area contributed by atoms with Gasteiger partial charge in [-0.1, -0.05) is 35.3 Å². The highest BCUT2D eigenvalue weighted by Crippen LogP contribution is 2.27. The summed E-state index contributed by atoms with van der Waals surface area (Å²) in [7, 11) is 0. The molecule has 0 amide bonds. The molecule has 2 unspecified atom stereocenters. The van der Waals surface area contributed by atoms with Crippen LogP contribution in [-0.2, 0) is 0 Å². The maximum absolute atomic E-state index is 13.4. The molecule has 2 aromatic carbocycles. The number of benzene rings is 2. The molecule has 0 saturated heterocycles. The van der Waals surface area contributed by atoms with Crippen LogP contribution < -0.4 is 10.5 Å².